The molecule has 1 aliphatic heterocycles. The lowest BCUT2D eigenvalue weighted by Crippen LogP contribution is -2.43. The normalized spacial score (nSPS) is 18.0. The van der Waals surface area contributed by atoms with E-state index in [-0.39, 0.29) is 42.5 Å². The van der Waals surface area contributed by atoms with Gasteiger partial charge < -0.3 is 25.0 Å². The van der Waals surface area contributed by atoms with Crippen molar-refractivity contribution in [3.63, 3.8) is 0 Å². The summed E-state index contributed by atoms with van der Waals surface area (Å²) in [7, 11) is 5.08. The predicted octanol–water partition coefficient (Wildman–Crippen LogP) is 0.0532. The van der Waals surface area contributed by atoms with Gasteiger partial charge in [0.2, 0.25) is 5.91 Å². The molecule has 7 nitrogen and oxygen atoms in total. The highest BCUT2D eigenvalue weighted by Crippen LogP contribution is 2.10. The number of aliphatic imine (C=N–C) groups is 1. The quantitative estimate of drug-likeness (QED) is 0.267. The van der Waals surface area contributed by atoms with Crippen LogP contribution in [-0.2, 0) is 14.3 Å². The fraction of sp³-hybridized carbons (Fsp3) is 0.846. The maximum absolute atomic E-state index is 11.6. The number of amides is 1. The summed E-state index contributed by atoms with van der Waals surface area (Å²) in [4.78, 5) is 17.3. The number of methoxy groups -OCH3 is 1. The van der Waals surface area contributed by atoms with Crippen molar-refractivity contribution in [2.24, 2.45) is 4.99 Å². The fourth-order valence-electron chi connectivity index (χ4n) is 1.75. The molecule has 1 amide bonds. The van der Waals surface area contributed by atoms with E-state index in [0.717, 1.165) is 19.4 Å². The molecule has 0 aromatic carbocycles. The molecule has 1 rings (SSSR count). The number of guanidine groups is 1. The highest BCUT2D eigenvalue weighted by Gasteiger charge is 2.15. The third kappa shape index (κ3) is 9.10. The highest BCUT2D eigenvalue weighted by atomic mass is 127. The minimum Gasteiger partial charge on any atom is -0.383 e. The Morgan fingerprint density at radius 3 is 2.76 bits per heavy atom. The van der Waals surface area contributed by atoms with Crippen LogP contribution in [0.2, 0.25) is 0 Å². The molecular formula is C13H27IN4O3. The smallest absolute Gasteiger partial charge is 0.243 e. The Balaban J connectivity index is 0.00000400. The number of halogens is 1. The molecule has 1 unspecified atom stereocenters. The molecule has 0 aromatic rings. The summed E-state index contributed by atoms with van der Waals surface area (Å²) >= 11 is 0. The minimum absolute atomic E-state index is 0. The van der Waals surface area contributed by atoms with Crippen LogP contribution in [0.1, 0.15) is 12.8 Å². The molecule has 124 valence electrons. The number of ether oxygens (including phenoxy) is 2. The van der Waals surface area contributed by atoms with Crippen molar-refractivity contribution in [1.82, 2.24) is 15.5 Å². The third-order valence-electron chi connectivity index (χ3n) is 2.99. The maximum Gasteiger partial charge on any atom is 0.243 e. The third-order valence-corrected chi connectivity index (χ3v) is 2.99. The SMILES string of the molecule is COCCNC(=NCC(=O)N(C)C)NCC1CCCO1.I. The fourth-order valence-corrected chi connectivity index (χ4v) is 1.75. The summed E-state index contributed by atoms with van der Waals surface area (Å²) in [6.07, 6.45) is 2.40. The monoisotopic (exact) mass is 414 g/mol. The lowest BCUT2D eigenvalue weighted by Gasteiger charge is -2.16. The van der Waals surface area contributed by atoms with Gasteiger partial charge in [-0.1, -0.05) is 0 Å². The van der Waals surface area contributed by atoms with E-state index >= 15 is 0 Å². The number of hydrogen-bond acceptors (Lipinski definition) is 4. The molecule has 1 aliphatic rings. The molecule has 0 radical (unpaired) electrons. The molecule has 21 heavy (non-hydrogen) atoms. The van der Waals surface area contributed by atoms with E-state index in [0.29, 0.717) is 25.7 Å². The first-order chi connectivity index (χ1) is 9.63. The van der Waals surface area contributed by atoms with E-state index in [2.05, 4.69) is 15.6 Å². The van der Waals surface area contributed by atoms with Crippen LogP contribution < -0.4 is 10.6 Å². The van der Waals surface area contributed by atoms with Gasteiger partial charge in [0.05, 0.1) is 12.7 Å². The number of nitrogens with zero attached hydrogens (tertiary/aromatic N) is 2. The zero-order valence-corrected chi connectivity index (χ0v) is 15.4. The van der Waals surface area contributed by atoms with Crippen LogP contribution in [0.4, 0.5) is 0 Å². The Bertz CT molecular complexity index is 321. The molecule has 1 saturated heterocycles. The van der Waals surface area contributed by atoms with Gasteiger partial charge in [0.15, 0.2) is 5.96 Å². The lowest BCUT2D eigenvalue weighted by molar-refractivity contribution is -0.127. The van der Waals surface area contributed by atoms with Crippen molar-refractivity contribution in [2.45, 2.75) is 18.9 Å². The molecule has 1 atom stereocenters. The van der Waals surface area contributed by atoms with Gasteiger partial charge in [-0.25, -0.2) is 4.99 Å². The standard InChI is InChI=1S/C13H26N4O3.HI/c1-17(2)12(18)10-16-13(14-6-8-19-3)15-9-11-5-4-7-20-11;/h11H,4-10H2,1-3H3,(H2,14,15,16);1H. The zero-order valence-electron chi connectivity index (χ0n) is 13.1. The van der Waals surface area contributed by atoms with Crippen LogP contribution in [0.3, 0.4) is 0 Å². The van der Waals surface area contributed by atoms with Crippen molar-refractivity contribution in [1.29, 1.82) is 0 Å². The van der Waals surface area contributed by atoms with Crippen molar-refractivity contribution in [3.05, 3.63) is 0 Å². The molecule has 1 fully saturated rings. The first kappa shape index (κ1) is 20.4. The van der Waals surface area contributed by atoms with Crippen LogP contribution in [-0.4, -0.2) is 76.9 Å². The Morgan fingerprint density at radius 2 is 2.19 bits per heavy atom. The lowest BCUT2D eigenvalue weighted by atomic mass is 10.2. The second-order valence-corrected chi connectivity index (χ2v) is 4.89. The van der Waals surface area contributed by atoms with Gasteiger partial charge in [-0.15, -0.1) is 24.0 Å². The highest BCUT2D eigenvalue weighted by molar-refractivity contribution is 14.0. The zero-order chi connectivity index (χ0) is 14.8. The maximum atomic E-state index is 11.6. The Hall–Kier alpha value is -0.610. The summed E-state index contributed by atoms with van der Waals surface area (Å²) in [6.45, 7) is 2.89. The van der Waals surface area contributed by atoms with Crippen LogP contribution >= 0.6 is 24.0 Å². The molecule has 0 aromatic heterocycles. The number of rotatable bonds is 7. The number of carbonyl (C=O) groups excluding carboxylic acids is 1. The minimum atomic E-state index is -0.0324. The van der Waals surface area contributed by atoms with E-state index in [4.69, 9.17) is 9.47 Å². The molecule has 8 heteroatoms. The second-order valence-electron chi connectivity index (χ2n) is 4.89. The number of hydrogen-bond donors (Lipinski definition) is 2. The topological polar surface area (TPSA) is 75.2 Å². The van der Waals surface area contributed by atoms with Crippen molar-refractivity contribution >= 4 is 35.8 Å². The van der Waals surface area contributed by atoms with Gasteiger partial charge in [-0.3, -0.25) is 4.79 Å². The summed E-state index contributed by atoms with van der Waals surface area (Å²) in [5.74, 6) is 0.586. The van der Waals surface area contributed by atoms with Gasteiger partial charge in [0, 0.05) is 40.9 Å². The van der Waals surface area contributed by atoms with Crippen LogP contribution in [0.15, 0.2) is 4.99 Å². The molecule has 0 aliphatic carbocycles. The summed E-state index contributed by atoms with van der Waals surface area (Å²) in [6, 6.07) is 0. The molecule has 2 N–H and O–H groups in total. The predicted molar refractivity (Wildman–Crippen MR) is 93.3 cm³/mol. The Kier molecular flexibility index (Phi) is 11.6. The molecule has 0 saturated carbocycles. The first-order valence-corrected chi connectivity index (χ1v) is 6.96. The van der Waals surface area contributed by atoms with E-state index in [1.54, 1.807) is 21.2 Å². The first-order valence-electron chi connectivity index (χ1n) is 6.96. The van der Waals surface area contributed by atoms with E-state index < -0.39 is 0 Å². The van der Waals surface area contributed by atoms with Crippen LogP contribution in [0.25, 0.3) is 0 Å². The van der Waals surface area contributed by atoms with Gasteiger partial charge >= 0.3 is 0 Å². The van der Waals surface area contributed by atoms with Gasteiger partial charge in [0.25, 0.3) is 0 Å². The Labute approximate surface area is 143 Å². The van der Waals surface area contributed by atoms with E-state index in [1.165, 1.54) is 4.90 Å². The average Bonchev–Trinajstić information content (AvgIpc) is 2.94. The Morgan fingerprint density at radius 1 is 1.43 bits per heavy atom. The molecule has 1 heterocycles. The summed E-state index contributed by atoms with van der Waals surface area (Å²) in [5.41, 5.74) is 0. The summed E-state index contributed by atoms with van der Waals surface area (Å²) < 4.78 is 10.5. The number of carbonyl (C=O) groups is 1. The van der Waals surface area contributed by atoms with Gasteiger partial charge in [-0.2, -0.15) is 0 Å². The number of likely N-dealkylation sites (N-methyl/N-ethyl adjacent to an activating group) is 1. The number of nitrogens with one attached hydrogen (secondary N) is 2. The van der Waals surface area contributed by atoms with Crippen molar-refractivity contribution in [2.75, 3.05) is 54.1 Å². The van der Waals surface area contributed by atoms with Crippen LogP contribution in [0.5, 0.6) is 0 Å². The summed E-state index contributed by atoms with van der Waals surface area (Å²) in [5, 5.41) is 6.33. The van der Waals surface area contributed by atoms with Gasteiger partial charge in [0.1, 0.15) is 6.54 Å². The van der Waals surface area contributed by atoms with Crippen molar-refractivity contribution in [3.8, 4) is 0 Å². The molecule has 0 spiro atoms. The van der Waals surface area contributed by atoms with E-state index in [1.807, 2.05) is 0 Å². The van der Waals surface area contributed by atoms with Crippen LogP contribution in [0, 0.1) is 0 Å². The molecule has 0 bridgehead atoms. The second kappa shape index (κ2) is 12.0. The molecular weight excluding hydrogens is 387 g/mol. The van der Waals surface area contributed by atoms with Gasteiger partial charge in [-0.05, 0) is 12.8 Å². The average molecular weight is 414 g/mol. The van der Waals surface area contributed by atoms with E-state index in [9.17, 15) is 4.79 Å². The van der Waals surface area contributed by atoms with Crippen molar-refractivity contribution < 1.29 is 14.3 Å². The largest absolute Gasteiger partial charge is 0.383 e.